The summed E-state index contributed by atoms with van der Waals surface area (Å²) in [7, 11) is 2.06. The van der Waals surface area contributed by atoms with Crippen molar-refractivity contribution in [3.8, 4) is 0 Å². The SMILES string of the molecule is C=C(CCCCCCc1ccc(N(C)c2ncnc3ccccc23)cc1)OCC. The van der Waals surface area contributed by atoms with Gasteiger partial charge < -0.3 is 9.64 Å². The van der Waals surface area contributed by atoms with E-state index in [1.807, 2.05) is 25.1 Å². The lowest BCUT2D eigenvalue weighted by Gasteiger charge is -2.20. The highest BCUT2D eigenvalue weighted by Gasteiger charge is 2.10. The van der Waals surface area contributed by atoms with Gasteiger partial charge in [-0.1, -0.05) is 43.7 Å². The Bertz CT molecular complexity index is 916. The molecule has 4 nitrogen and oxygen atoms in total. The van der Waals surface area contributed by atoms with Crippen LogP contribution in [0.15, 0.2) is 67.2 Å². The van der Waals surface area contributed by atoms with Crippen molar-refractivity contribution in [2.45, 2.75) is 45.4 Å². The van der Waals surface area contributed by atoms with Gasteiger partial charge in [-0.2, -0.15) is 0 Å². The van der Waals surface area contributed by atoms with Crippen molar-refractivity contribution >= 4 is 22.4 Å². The topological polar surface area (TPSA) is 38.2 Å². The van der Waals surface area contributed by atoms with Gasteiger partial charge in [0.2, 0.25) is 0 Å². The summed E-state index contributed by atoms with van der Waals surface area (Å²) < 4.78 is 5.40. The summed E-state index contributed by atoms with van der Waals surface area (Å²) in [5.74, 6) is 1.85. The predicted molar refractivity (Wildman–Crippen MR) is 122 cm³/mol. The van der Waals surface area contributed by atoms with Crippen LogP contribution in [0.25, 0.3) is 10.9 Å². The van der Waals surface area contributed by atoms with Crippen molar-refractivity contribution in [1.82, 2.24) is 9.97 Å². The van der Waals surface area contributed by atoms with Gasteiger partial charge in [0.25, 0.3) is 0 Å². The molecule has 0 amide bonds. The quantitative estimate of drug-likeness (QED) is 0.279. The third-order valence-electron chi connectivity index (χ3n) is 5.18. The Hall–Kier alpha value is -2.88. The number of aryl methyl sites for hydroxylation is 1. The van der Waals surface area contributed by atoms with Crippen LogP contribution in [0.1, 0.15) is 44.6 Å². The highest BCUT2D eigenvalue weighted by Crippen LogP contribution is 2.28. The number of anilines is 2. The van der Waals surface area contributed by atoms with Crippen LogP contribution in [0.2, 0.25) is 0 Å². The molecule has 4 heteroatoms. The van der Waals surface area contributed by atoms with Gasteiger partial charge in [0.05, 0.1) is 17.9 Å². The fourth-order valence-electron chi connectivity index (χ4n) is 3.55. The number of para-hydroxylation sites is 1. The second-order valence-electron chi connectivity index (χ2n) is 7.33. The van der Waals surface area contributed by atoms with E-state index in [9.17, 15) is 0 Å². The molecule has 0 fully saturated rings. The first kappa shape index (κ1) is 20.8. The van der Waals surface area contributed by atoms with Gasteiger partial charge >= 0.3 is 0 Å². The molecular weight excluding hydrogens is 358 g/mol. The molecule has 152 valence electrons. The lowest BCUT2D eigenvalue weighted by Crippen LogP contribution is -2.12. The van der Waals surface area contributed by atoms with Crippen molar-refractivity contribution in [1.29, 1.82) is 0 Å². The number of benzene rings is 2. The van der Waals surface area contributed by atoms with E-state index in [0.29, 0.717) is 0 Å². The number of fused-ring (bicyclic) bond motifs is 1. The maximum absolute atomic E-state index is 5.40. The van der Waals surface area contributed by atoms with E-state index in [1.165, 1.54) is 24.8 Å². The standard InChI is InChI=1S/C25H31N3O/c1-4-29-20(2)11-7-5-6-8-12-21-15-17-22(18-16-21)28(3)25-23-13-9-10-14-24(23)26-19-27-25/h9-10,13-19H,2,4-8,11-12H2,1,3H3. The number of unbranched alkanes of at least 4 members (excludes halogenated alkanes) is 3. The number of ether oxygens (including phenoxy) is 1. The highest BCUT2D eigenvalue weighted by molar-refractivity contribution is 5.91. The molecular formula is C25H31N3O. The van der Waals surface area contributed by atoms with Crippen molar-refractivity contribution < 1.29 is 4.74 Å². The molecule has 0 aliphatic carbocycles. The zero-order valence-electron chi connectivity index (χ0n) is 17.6. The van der Waals surface area contributed by atoms with E-state index in [-0.39, 0.29) is 0 Å². The monoisotopic (exact) mass is 389 g/mol. The van der Waals surface area contributed by atoms with Gasteiger partial charge in [0.1, 0.15) is 12.1 Å². The molecule has 1 aromatic heterocycles. The largest absolute Gasteiger partial charge is 0.499 e. The van der Waals surface area contributed by atoms with Crippen LogP contribution >= 0.6 is 0 Å². The molecule has 2 aromatic carbocycles. The Labute approximate surface area is 174 Å². The summed E-state index contributed by atoms with van der Waals surface area (Å²) in [6.45, 7) is 6.66. The van der Waals surface area contributed by atoms with Gasteiger partial charge in [0, 0.05) is 24.5 Å². The Morgan fingerprint density at radius 1 is 0.966 bits per heavy atom. The van der Waals surface area contributed by atoms with E-state index in [1.54, 1.807) is 6.33 Å². The fraction of sp³-hybridized carbons (Fsp3) is 0.360. The number of allylic oxidation sites excluding steroid dienone is 1. The first-order valence-electron chi connectivity index (χ1n) is 10.5. The van der Waals surface area contributed by atoms with Crippen LogP contribution in [-0.4, -0.2) is 23.6 Å². The molecule has 3 rings (SSSR count). The first-order valence-corrected chi connectivity index (χ1v) is 10.5. The van der Waals surface area contributed by atoms with Crippen LogP contribution in [0.3, 0.4) is 0 Å². The molecule has 0 aliphatic heterocycles. The molecule has 0 unspecified atom stereocenters. The molecule has 0 saturated heterocycles. The van der Waals surface area contributed by atoms with Crippen molar-refractivity contribution in [3.05, 3.63) is 72.8 Å². The van der Waals surface area contributed by atoms with Crippen molar-refractivity contribution in [3.63, 3.8) is 0 Å². The minimum Gasteiger partial charge on any atom is -0.499 e. The lowest BCUT2D eigenvalue weighted by atomic mass is 10.0. The Morgan fingerprint density at radius 3 is 2.52 bits per heavy atom. The number of rotatable bonds is 11. The van der Waals surface area contributed by atoms with E-state index in [0.717, 1.165) is 54.0 Å². The minimum atomic E-state index is 0.720. The summed E-state index contributed by atoms with van der Waals surface area (Å²) in [4.78, 5) is 11.0. The summed E-state index contributed by atoms with van der Waals surface area (Å²) in [5.41, 5.74) is 3.48. The van der Waals surface area contributed by atoms with E-state index in [2.05, 4.69) is 58.8 Å². The van der Waals surface area contributed by atoms with Crippen LogP contribution in [-0.2, 0) is 11.2 Å². The van der Waals surface area contributed by atoms with Gasteiger partial charge in [-0.25, -0.2) is 9.97 Å². The van der Waals surface area contributed by atoms with Gasteiger partial charge in [0.15, 0.2) is 0 Å². The number of hydrogen-bond donors (Lipinski definition) is 0. The van der Waals surface area contributed by atoms with Crippen LogP contribution < -0.4 is 4.90 Å². The average molecular weight is 390 g/mol. The second kappa shape index (κ2) is 10.6. The fourth-order valence-corrected chi connectivity index (χ4v) is 3.55. The molecule has 0 radical (unpaired) electrons. The molecule has 0 aliphatic rings. The maximum Gasteiger partial charge on any atom is 0.144 e. The molecule has 0 N–H and O–H groups in total. The lowest BCUT2D eigenvalue weighted by molar-refractivity contribution is 0.218. The highest BCUT2D eigenvalue weighted by atomic mass is 16.5. The van der Waals surface area contributed by atoms with Gasteiger partial charge in [-0.05, 0) is 56.0 Å². The van der Waals surface area contributed by atoms with Crippen molar-refractivity contribution in [2.75, 3.05) is 18.6 Å². The maximum atomic E-state index is 5.40. The number of nitrogens with zero attached hydrogens (tertiary/aromatic N) is 3. The van der Waals surface area contributed by atoms with E-state index in [4.69, 9.17) is 4.74 Å². The Morgan fingerprint density at radius 2 is 1.72 bits per heavy atom. The van der Waals surface area contributed by atoms with Gasteiger partial charge in [-0.3, -0.25) is 0 Å². The third kappa shape index (κ3) is 5.80. The molecule has 0 bridgehead atoms. The summed E-state index contributed by atoms with van der Waals surface area (Å²) >= 11 is 0. The normalized spacial score (nSPS) is 10.8. The predicted octanol–water partition coefficient (Wildman–Crippen LogP) is 6.44. The smallest absolute Gasteiger partial charge is 0.144 e. The zero-order valence-corrected chi connectivity index (χ0v) is 17.6. The average Bonchev–Trinajstić information content (AvgIpc) is 2.76. The summed E-state index contributed by atoms with van der Waals surface area (Å²) in [6.07, 6.45) is 8.58. The molecule has 0 atom stereocenters. The Balaban J connectivity index is 1.50. The second-order valence-corrected chi connectivity index (χ2v) is 7.33. The first-order chi connectivity index (χ1) is 14.2. The van der Waals surface area contributed by atoms with Crippen LogP contribution in [0.4, 0.5) is 11.5 Å². The molecule has 0 saturated carbocycles. The van der Waals surface area contributed by atoms with E-state index < -0.39 is 0 Å². The summed E-state index contributed by atoms with van der Waals surface area (Å²) in [5, 5.41) is 1.06. The summed E-state index contributed by atoms with van der Waals surface area (Å²) in [6, 6.07) is 16.9. The molecule has 0 spiro atoms. The Kier molecular flexibility index (Phi) is 7.62. The van der Waals surface area contributed by atoms with E-state index >= 15 is 0 Å². The number of hydrogen-bond acceptors (Lipinski definition) is 4. The van der Waals surface area contributed by atoms with Crippen LogP contribution in [0, 0.1) is 0 Å². The van der Waals surface area contributed by atoms with Gasteiger partial charge in [-0.15, -0.1) is 0 Å². The van der Waals surface area contributed by atoms with Crippen molar-refractivity contribution in [2.24, 2.45) is 0 Å². The van der Waals surface area contributed by atoms with Crippen LogP contribution in [0.5, 0.6) is 0 Å². The number of aromatic nitrogens is 2. The zero-order chi connectivity index (χ0) is 20.5. The molecule has 29 heavy (non-hydrogen) atoms. The molecule has 3 aromatic rings. The third-order valence-corrected chi connectivity index (χ3v) is 5.18. The minimum absolute atomic E-state index is 0.720. The molecule has 1 heterocycles.